The van der Waals surface area contributed by atoms with Crippen LogP contribution in [0.25, 0.3) is 0 Å². The van der Waals surface area contributed by atoms with E-state index in [4.69, 9.17) is 5.11 Å². The molecule has 0 saturated heterocycles. The lowest BCUT2D eigenvalue weighted by Crippen LogP contribution is -2.39. The third-order valence-corrected chi connectivity index (χ3v) is 3.83. The fourth-order valence-corrected chi connectivity index (χ4v) is 2.37. The number of hydrogen-bond donors (Lipinski definition) is 3. The van der Waals surface area contributed by atoms with Gasteiger partial charge in [0.2, 0.25) is 0 Å². The SMILES string of the molecule is CC(C)C(CCO)NC(=O)c1ccc(C(=O)c2cc[nH]c2)cc1. The van der Waals surface area contributed by atoms with Crippen LogP contribution in [0.4, 0.5) is 0 Å². The minimum Gasteiger partial charge on any atom is -0.396 e. The van der Waals surface area contributed by atoms with Crippen LogP contribution in [0.1, 0.15) is 46.5 Å². The predicted molar refractivity (Wildman–Crippen MR) is 88.5 cm³/mol. The van der Waals surface area contributed by atoms with E-state index in [1.807, 2.05) is 13.8 Å². The number of carbonyl (C=O) groups excluding carboxylic acids is 2. The molecule has 122 valence electrons. The number of carbonyl (C=O) groups is 2. The van der Waals surface area contributed by atoms with E-state index >= 15 is 0 Å². The number of nitrogens with one attached hydrogen (secondary N) is 2. The van der Waals surface area contributed by atoms with Crippen molar-refractivity contribution in [2.75, 3.05) is 6.61 Å². The second-order valence-electron chi connectivity index (χ2n) is 5.84. The average Bonchev–Trinajstić information content (AvgIpc) is 3.08. The van der Waals surface area contributed by atoms with Gasteiger partial charge in [-0.15, -0.1) is 0 Å². The monoisotopic (exact) mass is 314 g/mol. The fourth-order valence-electron chi connectivity index (χ4n) is 2.37. The second kappa shape index (κ2) is 7.74. The van der Waals surface area contributed by atoms with Crippen LogP contribution < -0.4 is 5.32 Å². The van der Waals surface area contributed by atoms with Crippen LogP contribution in [-0.2, 0) is 0 Å². The van der Waals surface area contributed by atoms with Gasteiger partial charge in [0.05, 0.1) is 0 Å². The Kier molecular flexibility index (Phi) is 5.71. The number of rotatable bonds is 7. The lowest BCUT2D eigenvalue weighted by molar-refractivity contribution is 0.0915. The molecular weight excluding hydrogens is 292 g/mol. The number of benzene rings is 1. The summed E-state index contributed by atoms with van der Waals surface area (Å²) in [6.45, 7) is 4.03. The van der Waals surface area contributed by atoms with Crippen LogP contribution in [0.2, 0.25) is 0 Å². The summed E-state index contributed by atoms with van der Waals surface area (Å²) in [7, 11) is 0. The Morgan fingerprint density at radius 3 is 2.26 bits per heavy atom. The summed E-state index contributed by atoms with van der Waals surface area (Å²) in [5, 5.41) is 12.0. The van der Waals surface area contributed by atoms with Gasteiger partial charge in [0.15, 0.2) is 5.78 Å². The molecule has 2 rings (SSSR count). The maximum atomic E-state index is 12.3. The van der Waals surface area contributed by atoms with Gasteiger partial charge in [-0.2, -0.15) is 0 Å². The van der Waals surface area contributed by atoms with E-state index in [0.717, 1.165) is 0 Å². The molecule has 0 bridgehead atoms. The Labute approximate surface area is 135 Å². The van der Waals surface area contributed by atoms with Gasteiger partial charge in [-0.05, 0) is 30.5 Å². The summed E-state index contributed by atoms with van der Waals surface area (Å²) in [6, 6.07) is 8.23. The highest BCUT2D eigenvalue weighted by Gasteiger charge is 2.17. The molecule has 1 atom stereocenters. The molecule has 1 aromatic heterocycles. The molecule has 0 saturated carbocycles. The second-order valence-corrected chi connectivity index (χ2v) is 5.84. The summed E-state index contributed by atoms with van der Waals surface area (Å²) in [5.41, 5.74) is 1.63. The topological polar surface area (TPSA) is 82.2 Å². The van der Waals surface area contributed by atoms with Crippen molar-refractivity contribution in [1.82, 2.24) is 10.3 Å². The number of aliphatic hydroxyl groups is 1. The first kappa shape index (κ1) is 17.0. The summed E-state index contributed by atoms with van der Waals surface area (Å²) >= 11 is 0. The van der Waals surface area contributed by atoms with Crippen molar-refractivity contribution in [2.45, 2.75) is 26.3 Å². The lowest BCUT2D eigenvalue weighted by Gasteiger charge is -2.21. The molecule has 1 aromatic carbocycles. The maximum Gasteiger partial charge on any atom is 0.251 e. The zero-order chi connectivity index (χ0) is 16.8. The summed E-state index contributed by atoms with van der Waals surface area (Å²) in [4.78, 5) is 27.3. The van der Waals surface area contributed by atoms with Gasteiger partial charge in [0.25, 0.3) is 5.91 Å². The molecule has 2 aromatic rings. The highest BCUT2D eigenvalue weighted by Crippen LogP contribution is 2.12. The first-order valence-corrected chi connectivity index (χ1v) is 7.72. The highest BCUT2D eigenvalue weighted by atomic mass is 16.3. The standard InChI is InChI=1S/C18H22N2O3/c1-12(2)16(8-10-21)20-18(23)14-5-3-13(4-6-14)17(22)15-7-9-19-11-15/h3-7,9,11-12,16,19,21H,8,10H2,1-2H3,(H,20,23). The fraction of sp³-hybridized carbons (Fsp3) is 0.333. The Hall–Kier alpha value is -2.40. The molecule has 1 unspecified atom stereocenters. The molecule has 23 heavy (non-hydrogen) atoms. The molecule has 5 nitrogen and oxygen atoms in total. The van der Waals surface area contributed by atoms with Crippen molar-refractivity contribution in [3.05, 3.63) is 59.4 Å². The molecule has 1 amide bonds. The van der Waals surface area contributed by atoms with Gasteiger partial charge >= 0.3 is 0 Å². The number of amides is 1. The van der Waals surface area contributed by atoms with E-state index in [1.165, 1.54) is 0 Å². The van der Waals surface area contributed by atoms with Crippen molar-refractivity contribution in [3.63, 3.8) is 0 Å². The number of aromatic amines is 1. The average molecular weight is 314 g/mol. The quantitative estimate of drug-likeness (QED) is 0.686. The van der Waals surface area contributed by atoms with Gasteiger partial charge < -0.3 is 15.4 Å². The number of aliphatic hydroxyl groups excluding tert-OH is 1. The third-order valence-electron chi connectivity index (χ3n) is 3.83. The largest absolute Gasteiger partial charge is 0.396 e. The van der Waals surface area contributed by atoms with Gasteiger partial charge in [-0.3, -0.25) is 9.59 Å². The molecule has 3 N–H and O–H groups in total. The van der Waals surface area contributed by atoms with Gasteiger partial charge in [-0.25, -0.2) is 0 Å². The van der Waals surface area contributed by atoms with Gasteiger partial charge in [0.1, 0.15) is 0 Å². The summed E-state index contributed by atoms with van der Waals surface area (Å²) in [5.74, 6) is -0.0446. The lowest BCUT2D eigenvalue weighted by atomic mass is 10.00. The van der Waals surface area contributed by atoms with Crippen molar-refractivity contribution in [3.8, 4) is 0 Å². The van der Waals surface area contributed by atoms with Crippen LogP contribution >= 0.6 is 0 Å². The normalized spacial score (nSPS) is 12.2. The van der Waals surface area contributed by atoms with Crippen molar-refractivity contribution < 1.29 is 14.7 Å². The Balaban J connectivity index is 2.07. The molecule has 5 heteroatoms. The third kappa shape index (κ3) is 4.29. The first-order chi connectivity index (χ1) is 11.0. The summed E-state index contributed by atoms with van der Waals surface area (Å²) in [6.07, 6.45) is 3.86. The van der Waals surface area contributed by atoms with E-state index in [2.05, 4.69) is 10.3 Å². The molecule has 0 aliphatic heterocycles. The van der Waals surface area contributed by atoms with Crippen LogP contribution in [0.15, 0.2) is 42.7 Å². The van der Waals surface area contributed by atoms with E-state index in [1.54, 1.807) is 42.7 Å². The van der Waals surface area contributed by atoms with E-state index < -0.39 is 0 Å². The zero-order valence-corrected chi connectivity index (χ0v) is 13.4. The van der Waals surface area contributed by atoms with Gasteiger partial charge in [-0.1, -0.05) is 26.0 Å². The van der Waals surface area contributed by atoms with Crippen molar-refractivity contribution >= 4 is 11.7 Å². The molecule has 0 radical (unpaired) electrons. The van der Waals surface area contributed by atoms with E-state index in [-0.39, 0.29) is 30.3 Å². The predicted octanol–water partition coefficient (Wildman–Crippen LogP) is 2.38. The van der Waals surface area contributed by atoms with Crippen LogP contribution in [0.3, 0.4) is 0 Å². The minimum atomic E-state index is -0.196. The minimum absolute atomic E-state index is 0.0350. The number of ketones is 1. The highest BCUT2D eigenvalue weighted by molar-refractivity contribution is 6.09. The molecule has 0 aliphatic carbocycles. The zero-order valence-electron chi connectivity index (χ0n) is 13.4. The molecule has 0 aliphatic rings. The number of hydrogen-bond acceptors (Lipinski definition) is 3. The van der Waals surface area contributed by atoms with Crippen molar-refractivity contribution in [1.29, 1.82) is 0 Å². The number of aromatic nitrogens is 1. The van der Waals surface area contributed by atoms with E-state index in [0.29, 0.717) is 23.1 Å². The van der Waals surface area contributed by atoms with Gasteiger partial charge in [0, 0.05) is 41.7 Å². The Morgan fingerprint density at radius 1 is 1.09 bits per heavy atom. The van der Waals surface area contributed by atoms with Crippen LogP contribution in [0.5, 0.6) is 0 Å². The van der Waals surface area contributed by atoms with E-state index in [9.17, 15) is 9.59 Å². The Morgan fingerprint density at radius 2 is 1.74 bits per heavy atom. The molecule has 1 heterocycles. The summed E-state index contributed by atoms with van der Waals surface area (Å²) < 4.78 is 0. The van der Waals surface area contributed by atoms with Crippen LogP contribution in [0, 0.1) is 5.92 Å². The molecular formula is C18H22N2O3. The smallest absolute Gasteiger partial charge is 0.251 e. The Bertz CT molecular complexity index is 645. The van der Waals surface area contributed by atoms with Crippen molar-refractivity contribution in [2.24, 2.45) is 5.92 Å². The maximum absolute atomic E-state index is 12.3. The molecule has 0 spiro atoms. The molecule has 0 fully saturated rings. The first-order valence-electron chi connectivity index (χ1n) is 7.72. The van der Waals surface area contributed by atoms with Crippen LogP contribution in [-0.4, -0.2) is 34.4 Å². The number of H-pyrrole nitrogens is 1.